The highest BCUT2D eigenvalue weighted by molar-refractivity contribution is 5.54. The summed E-state index contributed by atoms with van der Waals surface area (Å²) in [6.07, 6.45) is -1.78. The van der Waals surface area contributed by atoms with Gasteiger partial charge >= 0.3 is 0 Å². The van der Waals surface area contributed by atoms with Crippen molar-refractivity contribution in [2.75, 3.05) is 0 Å². The molecule has 0 fully saturated rings. The number of alkyl halides is 2. The van der Waals surface area contributed by atoms with Gasteiger partial charge < -0.3 is 9.90 Å². The Morgan fingerprint density at radius 3 is 2.22 bits per heavy atom. The van der Waals surface area contributed by atoms with E-state index in [1.165, 1.54) is 6.07 Å². The van der Waals surface area contributed by atoms with E-state index in [2.05, 4.69) is 0 Å². The van der Waals surface area contributed by atoms with Crippen LogP contribution in [0, 0.1) is 0 Å². The van der Waals surface area contributed by atoms with Gasteiger partial charge in [0.25, 0.3) is 6.43 Å². The van der Waals surface area contributed by atoms with E-state index in [4.69, 9.17) is 0 Å². The molecule has 4 heteroatoms. The van der Waals surface area contributed by atoms with E-state index in [1.54, 1.807) is 13.0 Å². The summed E-state index contributed by atoms with van der Waals surface area (Å²) in [6.45, 7) is 5.54. The Bertz CT molecular complexity index is 428. The quantitative estimate of drug-likeness (QED) is 0.804. The van der Waals surface area contributed by atoms with Crippen molar-refractivity contribution in [2.45, 2.75) is 45.5 Å². The van der Waals surface area contributed by atoms with Crippen LogP contribution in [0.2, 0.25) is 0 Å². The molecular formula is C14H18F2O2. The van der Waals surface area contributed by atoms with Gasteiger partial charge in [-0.05, 0) is 29.0 Å². The molecule has 1 aromatic rings. The van der Waals surface area contributed by atoms with E-state index in [1.807, 2.05) is 13.8 Å². The number of carbonyl (C=O) groups is 1. The molecule has 0 bridgehead atoms. The number of carbonyl (C=O) groups excluding carboxylic acids is 1. The smallest absolute Gasteiger partial charge is 0.267 e. The van der Waals surface area contributed by atoms with Crippen LogP contribution in [0.1, 0.15) is 62.1 Å². The van der Waals surface area contributed by atoms with Crippen molar-refractivity contribution in [3.8, 4) is 5.75 Å². The fourth-order valence-corrected chi connectivity index (χ4v) is 1.85. The van der Waals surface area contributed by atoms with Crippen LogP contribution < -0.4 is 0 Å². The van der Waals surface area contributed by atoms with Crippen molar-refractivity contribution >= 4 is 6.29 Å². The first kappa shape index (κ1) is 14.6. The molecule has 0 aliphatic carbocycles. The van der Waals surface area contributed by atoms with Gasteiger partial charge in [-0.1, -0.05) is 26.8 Å². The van der Waals surface area contributed by atoms with Crippen LogP contribution in [0.25, 0.3) is 0 Å². The third-order valence-electron chi connectivity index (χ3n) is 3.07. The Morgan fingerprint density at radius 1 is 1.22 bits per heavy atom. The number of rotatable bonds is 5. The second-order valence-corrected chi connectivity index (χ2v) is 4.81. The molecule has 0 heterocycles. The minimum atomic E-state index is -2.72. The first-order valence-electron chi connectivity index (χ1n) is 5.97. The van der Waals surface area contributed by atoms with Gasteiger partial charge in [-0.2, -0.15) is 0 Å². The summed E-state index contributed by atoms with van der Waals surface area (Å²) in [4.78, 5) is 10.5. The molecule has 0 saturated carbocycles. The normalized spacial score (nSPS) is 13.1. The standard InChI is InChI=1S/C14H18F2O2/c1-8(2)10-6-11(9(3)4-5-17)13(18)12(7-10)14(15)16/h5-9,14,18H,4H2,1-3H3. The van der Waals surface area contributed by atoms with Crippen LogP contribution in [0.5, 0.6) is 5.75 Å². The number of phenolic OH excluding ortho intramolecular Hbond substituents is 1. The van der Waals surface area contributed by atoms with E-state index < -0.39 is 6.43 Å². The molecule has 18 heavy (non-hydrogen) atoms. The Kier molecular flexibility index (Phi) is 4.82. The minimum Gasteiger partial charge on any atom is -0.507 e. The van der Waals surface area contributed by atoms with Crippen LogP contribution in [-0.4, -0.2) is 11.4 Å². The largest absolute Gasteiger partial charge is 0.507 e. The zero-order valence-corrected chi connectivity index (χ0v) is 10.8. The van der Waals surface area contributed by atoms with E-state index >= 15 is 0 Å². The van der Waals surface area contributed by atoms with Crippen molar-refractivity contribution in [1.82, 2.24) is 0 Å². The SMILES string of the molecule is CC(C)c1cc(C(F)F)c(O)c(C(C)CC=O)c1. The number of aldehydes is 1. The van der Waals surface area contributed by atoms with Crippen LogP contribution in [0.15, 0.2) is 12.1 Å². The van der Waals surface area contributed by atoms with Crippen molar-refractivity contribution in [1.29, 1.82) is 0 Å². The molecule has 0 spiro atoms. The zero-order chi connectivity index (χ0) is 13.9. The predicted molar refractivity (Wildman–Crippen MR) is 66.2 cm³/mol. The lowest BCUT2D eigenvalue weighted by molar-refractivity contribution is -0.108. The maximum absolute atomic E-state index is 12.9. The Balaban J connectivity index is 3.35. The number of benzene rings is 1. The molecule has 1 N–H and O–H groups in total. The highest BCUT2D eigenvalue weighted by Crippen LogP contribution is 2.38. The van der Waals surface area contributed by atoms with Gasteiger partial charge in [0.05, 0.1) is 5.56 Å². The summed E-state index contributed by atoms with van der Waals surface area (Å²) < 4.78 is 25.7. The van der Waals surface area contributed by atoms with Gasteiger partial charge in [0, 0.05) is 6.42 Å². The fraction of sp³-hybridized carbons (Fsp3) is 0.500. The molecule has 0 saturated heterocycles. The Labute approximate surface area is 106 Å². The summed E-state index contributed by atoms with van der Waals surface area (Å²) in [7, 11) is 0. The topological polar surface area (TPSA) is 37.3 Å². The van der Waals surface area contributed by atoms with Crippen LogP contribution in [-0.2, 0) is 4.79 Å². The monoisotopic (exact) mass is 256 g/mol. The van der Waals surface area contributed by atoms with Gasteiger partial charge in [0.15, 0.2) is 0 Å². The van der Waals surface area contributed by atoms with Crippen LogP contribution in [0.4, 0.5) is 8.78 Å². The predicted octanol–water partition coefficient (Wildman–Crippen LogP) is 4.15. The van der Waals surface area contributed by atoms with Gasteiger partial charge in [-0.3, -0.25) is 0 Å². The summed E-state index contributed by atoms with van der Waals surface area (Å²) >= 11 is 0. The van der Waals surface area contributed by atoms with E-state index in [0.717, 1.165) is 11.8 Å². The summed E-state index contributed by atoms with van der Waals surface area (Å²) in [5.74, 6) is -0.562. The fourth-order valence-electron chi connectivity index (χ4n) is 1.85. The Morgan fingerprint density at radius 2 is 1.78 bits per heavy atom. The van der Waals surface area contributed by atoms with Gasteiger partial charge in [-0.15, -0.1) is 0 Å². The molecule has 0 aliphatic rings. The number of aromatic hydroxyl groups is 1. The highest BCUT2D eigenvalue weighted by Gasteiger charge is 2.21. The molecule has 1 atom stereocenters. The average Bonchev–Trinajstić information content (AvgIpc) is 2.28. The minimum absolute atomic E-state index is 0.0882. The lowest BCUT2D eigenvalue weighted by atomic mass is 9.90. The molecule has 1 unspecified atom stereocenters. The van der Waals surface area contributed by atoms with Crippen molar-refractivity contribution in [3.05, 3.63) is 28.8 Å². The van der Waals surface area contributed by atoms with Crippen molar-refractivity contribution in [2.24, 2.45) is 0 Å². The van der Waals surface area contributed by atoms with E-state index in [0.29, 0.717) is 5.56 Å². The molecule has 100 valence electrons. The number of phenols is 1. The molecule has 0 radical (unpaired) electrons. The number of hydrogen-bond acceptors (Lipinski definition) is 2. The second-order valence-electron chi connectivity index (χ2n) is 4.81. The molecule has 1 rings (SSSR count). The maximum atomic E-state index is 12.9. The number of halogens is 2. The second kappa shape index (κ2) is 5.94. The first-order chi connectivity index (χ1) is 8.38. The number of hydrogen-bond donors (Lipinski definition) is 1. The van der Waals surface area contributed by atoms with Crippen molar-refractivity contribution < 1.29 is 18.7 Å². The lowest BCUT2D eigenvalue weighted by Crippen LogP contribution is -2.01. The summed E-state index contributed by atoms with van der Waals surface area (Å²) in [6, 6.07) is 3.04. The molecule has 0 aliphatic heterocycles. The molecule has 0 amide bonds. The van der Waals surface area contributed by atoms with Crippen molar-refractivity contribution in [3.63, 3.8) is 0 Å². The highest BCUT2D eigenvalue weighted by atomic mass is 19.3. The molecular weight excluding hydrogens is 238 g/mol. The maximum Gasteiger partial charge on any atom is 0.267 e. The Hall–Kier alpha value is -1.45. The van der Waals surface area contributed by atoms with Gasteiger partial charge in [0.2, 0.25) is 0 Å². The molecule has 1 aromatic carbocycles. The van der Waals surface area contributed by atoms with Gasteiger partial charge in [-0.25, -0.2) is 8.78 Å². The summed E-state index contributed by atoms with van der Waals surface area (Å²) in [5, 5.41) is 9.87. The van der Waals surface area contributed by atoms with E-state index in [-0.39, 0.29) is 29.6 Å². The third-order valence-corrected chi connectivity index (χ3v) is 3.07. The molecule has 2 nitrogen and oxygen atoms in total. The van der Waals surface area contributed by atoms with Crippen LogP contribution in [0.3, 0.4) is 0 Å². The van der Waals surface area contributed by atoms with Gasteiger partial charge in [0.1, 0.15) is 12.0 Å². The third kappa shape index (κ3) is 3.06. The summed E-state index contributed by atoms with van der Waals surface area (Å²) in [5.41, 5.74) is 0.813. The van der Waals surface area contributed by atoms with Crippen LogP contribution >= 0.6 is 0 Å². The lowest BCUT2D eigenvalue weighted by Gasteiger charge is -2.17. The molecule has 0 aromatic heterocycles. The first-order valence-corrected chi connectivity index (χ1v) is 5.97. The average molecular weight is 256 g/mol. The van der Waals surface area contributed by atoms with E-state index in [9.17, 15) is 18.7 Å². The zero-order valence-electron chi connectivity index (χ0n) is 10.8.